The van der Waals surface area contributed by atoms with Crippen LogP contribution in [-0.2, 0) is 0 Å². The number of rotatable bonds is 1. The first-order valence-electron chi connectivity index (χ1n) is 4.49. The maximum Gasteiger partial charge on any atom is 0.123 e. The number of hydrogen-bond acceptors (Lipinski definition) is 0. The first-order chi connectivity index (χ1) is 6.22. The topological polar surface area (TPSA) is 0 Å². The second-order valence-corrected chi connectivity index (χ2v) is 3.09. The van der Waals surface area contributed by atoms with Crippen LogP contribution in [0.3, 0.4) is 0 Å². The largest absolute Gasteiger partial charge is 0.207 e. The molecule has 0 bridgehead atoms. The van der Waals surface area contributed by atoms with Crippen LogP contribution >= 0.6 is 0 Å². The van der Waals surface area contributed by atoms with Crippen molar-refractivity contribution in [2.24, 2.45) is 5.92 Å². The van der Waals surface area contributed by atoms with E-state index in [9.17, 15) is 4.39 Å². The molecule has 1 aromatic rings. The van der Waals surface area contributed by atoms with Crippen molar-refractivity contribution in [3.8, 4) is 11.8 Å². The minimum Gasteiger partial charge on any atom is -0.207 e. The van der Waals surface area contributed by atoms with Crippen LogP contribution in [0.4, 0.5) is 4.39 Å². The van der Waals surface area contributed by atoms with E-state index >= 15 is 0 Å². The standard InChI is InChI=1S/C12H13F/c1-3-10(2)4-5-11-6-8-12(13)9-7-11/h6-10H,3H2,1-2H3. The molecule has 0 aromatic heterocycles. The van der Waals surface area contributed by atoms with E-state index in [-0.39, 0.29) is 5.82 Å². The molecule has 0 saturated heterocycles. The Morgan fingerprint density at radius 3 is 2.46 bits per heavy atom. The molecule has 0 aliphatic rings. The highest BCUT2D eigenvalue weighted by molar-refractivity contribution is 5.34. The fraction of sp³-hybridized carbons (Fsp3) is 0.333. The monoisotopic (exact) mass is 176 g/mol. The van der Waals surface area contributed by atoms with Gasteiger partial charge in [-0.25, -0.2) is 4.39 Å². The summed E-state index contributed by atoms with van der Waals surface area (Å²) < 4.78 is 12.5. The summed E-state index contributed by atoms with van der Waals surface area (Å²) in [6.07, 6.45) is 1.05. The zero-order chi connectivity index (χ0) is 9.68. The lowest BCUT2D eigenvalue weighted by Crippen LogP contribution is -1.85. The van der Waals surface area contributed by atoms with Crippen LogP contribution in [0.5, 0.6) is 0 Å². The Morgan fingerprint density at radius 1 is 1.31 bits per heavy atom. The number of halogens is 1. The van der Waals surface area contributed by atoms with Crippen molar-refractivity contribution in [1.29, 1.82) is 0 Å². The highest BCUT2D eigenvalue weighted by Crippen LogP contribution is 2.02. The third-order valence-electron chi connectivity index (χ3n) is 1.92. The maximum atomic E-state index is 12.5. The minimum absolute atomic E-state index is 0.214. The molecule has 1 aromatic carbocycles. The van der Waals surface area contributed by atoms with Crippen molar-refractivity contribution in [2.75, 3.05) is 0 Å². The first-order valence-corrected chi connectivity index (χ1v) is 4.49. The molecule has 0 N–H and O–H groups in total. The fourth-order valence-electron chi connectivity index (χ4n) is 0.842. The Labute approximate surface area is 78.8 Å². The Kier molecular flexibility index (Phi) is 3.52. The lowest BCUT2D eigenvalue weighted by Gasteiger charge is -1.94. The summed E-state index contributed by atoms with van der Waals surface area (Å²) in [6.45, 7) is 4.18. The van der Waals surface area contributed by atoms with Crippen LogP contribution in [-0.4, -0.2) is 0 Å². The molecule has 1 heteroatoms. The van der Waals surface area contributed by atoms with E-state index in [0.29, 0.717) is 5.92 Å². The molecular weight excluding hydrogens is 163 g/mol. The van der Waals surface area contributed by atoms with Crippen LogP contribution in [0.15, 0.2) is 24.3 Å². The molecule has 13 heavy (non-hydrogen) atoms. The van der Waals surface area contributed by atoms with Gasteiger partial charge >= 0.3 is 0 Å². The zero-order valence-corrected chi connectivity index (χ0v) is 7.97. The molecule has 0 spiro atoms. The van der Waals surface area contributed by atoms with Crippen molar-refractivity contribution in [3.05, 3.63) is 35.6 Å². The quantitative estimate of drug-likeness (QED) is 0.576. The van der Waals surface area contributed by atoms with Gasteiger partial charge < -0.3 is 0 Å². The van der Waals surface area contributed by atoms with Gasteiger partial charge in [-0.1, -0.05) is 25.7 Å². The predicted molar refractivity (Wildman–Crippen MR) is 52.7 cm³/mol. The van der Waals surface area contributed by atoms with Gasteiger partial charge in [-0.3, -0.25) is 0 Å². The average molecular weight is 176 g/mol. The summed E-state index contributed by atoms with van der Waals surface area (Å²) in [5.74, 6) is 6.30. The van der Waals surface area contributed by atoms with E-state index in [1.807, 2.05) is 0 Å². The van der Waals surface area contributed by atoms with Gasteiger partial charge in [0, 0.05) is 11.5 Å². The van der Waals surface area contributed by atoms with Gasteiger partial charge in [-0.05, 0) is 30.7 Å². The van der Waals surface area contributed by atoms with Crippen molar-refractivity contribution < 1.29 is 4.39 Å². The van der Waals surface area contributed by atoms with Crippen LogP contribution in [0.25, 0.3) is 0 Å². The van der Waals surface area contributed by atoms with Crippen molar-refractivity contribution >= 4 is 0 Å². The summed E-state index contributed by atoms with van der Waals surface area (Å²) in [7, 11) is 0. The molecule has 68 valence electrons. The van der Waals surface area contributed by atoms with Gasteiger partial charge in [0.2, 0.25) is 0 Å². The minimum atomic E-state index is -0.214. The Hall–Kier alpha value is -1.29. The molecule has 0 amide bonds. The second-order valence-electron chi connectivity index (χ2n) is 3.09. The van der Waals surface area contributed by atoms with Gasteiger partial charge in [0.1, 0.15) is 5.82 Å². The molecular formula is C12H13F. The van der Waals surface area contributed by atoms with Gasteiger partial charge in [-0.2, -0.15) is 0 Å². The Bertz CT molecular complexity index is 313. The summed E-state index contributed by atoms with van der Waals surface area (Å²) in [5, 5.41) is 0. The van der Waals surface area contributed by atoms with Crippen molar-refractivity contribution in [3.63, 3.8) is 0 Å². The van der Waals surface area contributed by atoms with E-state index in [4.69, 9.17) is 0 Å². The van der Waals surface area contributed by atoms with E-state index in [0.717, 1.165) is 12.0 Å². The van der Waals surface area contributed by atoms with E-state index < -0.39 is 0 Å². The van der Waals surface area contributed by atoms with E-state index in [2.05, 4.69) is 25.7 Å². The Morgan fingerprint density at radius 2 is 1.92 bits per heavy atom. The number of benzene rings is 1. The van der Waals surface area contributed by atoms with Crippen molar-refractivity contribution in [1.82, 2.24) is 0 Å². The van der Waals surface area contributed by atoms with Crippen molar-refractivity contribution in [2.45, 2.75) is 20.3 Å². The molecule has 1 rings (SSSR count). The number of hydrogen-bond donors (Lipinski definition) is 0. The smallest absolute Gasteiger partial charge is 0.123 e. The third-order valence-corrected chi connectivity index (χ3v) is 1.92. The van der Waals surface area contributed by atoms with Crippen LogP contribution in [0, 0.1) is 23.6 Å². The highest BCUT2D eigenvalue weighted by Gasteiger charge is 1.91. The molecule has 0 radical (unpaired) electrons. The van der Waals surface area contributed by atoms with Crippen LogP contribution < -0.4 is 0 Å². The second kappa shape index (κ2) is 4.67. The third kappa shape index (κ3) is 3.29. The normalized spacial score (nSPS) is 11.6. The Balaban J connectivity index is 2.72. The van der Waals surface area contributed by atoms with Gasteiger partial charge in [-0.15, -0.1) is 0 Å². The predicted octanol–water partition coefficient (Wildman–Crippen LogP) is 3.22. The molecule has 0 fully saturated rings. The zero-order valence-electron chi connectivity index (χ0n) is 7.97. The average Bonchev–Trinajstić information content (AvgIpc) is 2.16. The SMILES string of the molecule is CCC(C)C#Cc1ccc(F)cc1. The first kappa shape index (κ1) is 9.80. The lowest BCUT2D eigenvalue weighted by molar-refractivity contribution is 0.627. The van der Waals surface area contributed by atoms with Crippen LogP contribution in [0.1, 0.15) is 25.8 Å². The van der Waals surface area contributed by atoms with E-state index in [1.54, 1.807) is 12.1 Å². The molecule has 0 saturated carbocycles. The molecule has 0 aliphatic heterocycles. The molecule has 0 nitrogen and oxygen atoms in total. The molecule has 0 heterocycles. The molecule has 0 aliphatic carbocycles. The fourth-order valence-corrected chi connectivity index (χ4v) is 0.842. The molecule has 1 atom stereocenters. The van der Waals surface area contributed by atoms with Crippen LogP contribution in [0.2, 0.25) is 0 Å². The highest BCUT2D eigenvalue weighted by atomic mass is 19.1. The maximum absolute atomic E-state index is 12.5. The van der Waals surface area contributed by atoms with Gasteiger partial charge in [0.05, 0.1) is 0 Å². The van der Waals surface area contributed by atoms with Gasteiger partial charge in [0.25, 0.3) is 0 Å². The summed E-state index contributed by atoms with van der Waals surface area (Å²) >= 11 is 0. The lowest BCUT2D eigenvalue weighted by atomic mass is 10.1. The van der Waals surface area contributed by atoms with E-state index in [1.165, 1.54) is 12.1 Å². The molecule has 1 unspecified atom stereocenters. The summed E-state index contributed by atoms with van der Waals surface area (Å²) in [5.41, 5.74) is 0.877. The summed E-state index contributed by atoms with van der Waals surface area (Å²) in [6, 6.07) is 6.26. The van der Waals surface area contributed by atoms with Gasteiger partial charge in [0.15, 0.2) is 0 Å². The summed E-state index contributed by atoms with van der Waals surface area (Å²) in [4.78, 5) is 0.